The lowest BCUT2D eigenvalue weighted by molar-refractivity contribution is 0.866. The van der Waals surface area contributed by atoms with Crippen molar-refractivity contribution >= 4 is 49.0 Å². The van der Waals surface area contributed by atoms with E-state index in [9.17, 15) is 0 Å². The van der Waals surface area contributed by atoms with Gasteiger partial charge in [-0.2, -0.15) is 0 Å². The molecular weight excluding hydrogens is 366 g/mol. The Kier molecular flexibility index (Phi) is 4.17. The minimum absolute atomic E-state index is 0.761. The van der Waals surface area contributed by atoms with Gasteiger partial charge in [-0.15, -0.1) is 11.3 Å². The summed E-state index contributed by atoms with van der Waals surface area (Å²) in [4.78, 5) is 10.9. The first kappa shape index (κ1) is 13.0. The molecule has 0 aromatic carbocycles. The number of hydrogen-bond donors (Lipinski definition) is 0. The summed E-state index contributed by atoms with van der Waals surface area (Å²) in [5, 5.41) is 3.18. The number of aromatic nitrogens is 2. The molecule has 6 heteroatoms. The first-order valence-electron chi connectivity index (χ1n) is 4.99. The molecule has 0 aliphatic carbocycles. The Hall–Kier alpha value is -0.460. The maximum absolute atomic E-state index is 4.45. The average molecular weight is 377 g/mol. The molecule has 0 N–H and O–H groups in total. The smallest absolute Gasteiger partial charge is 0.143 e. The number of hydrogen-bond acceptors (Lipinski definition) is 4. The van der Waals surface area contributed by atoms with Gasteiger partial charge in [0.15, 0.2) is 0 Å². The zero-order valence-electron chi connectivity index (χ0n) is 9.44. The summed E-state index contributed by atoms with van der Waals surface area (Å²) in [6, 6.07) is 1.99. The number of halogens is 2. The van der Waals surface area contributed by atoms with Gasteiger partial charge >= 0.3 is 0 Å². The Morgan fingerprint density at radius 3 is 2.76 bits per heavy atom. The summed E-state index contributed by atoms with van der Waals surface area (Å²) in [6.07, 6.45) is 1.79. The fourth-order valence-corrected chi connectivity index (χ4v) is 3.38. The molecule has 2 rings (SSSR count). The summed E-state index contributed by atoms with van der Waals surface area (Å²) in [5.41, 5.74) is 1.08. The third kappa shape index (κ3) is 3.26. The standard InChI is InChI=1S/C11H11Br2N3S/c1-7-15-9(6-17-7)5-16(2)11-10(13)3-8(12)4-14-11/h3-4,6H,5H2,1-2H3. The van der Waals surface area contributed by atoms with Gasteiger partial charge < -0.3 is 4.90 Å². The number of aryl methyl sites for hydroxylation is 1. The SMILES string of the molecule is Cc1nc(CN(C)c2ncc(Br)cc2Br)cs1. The van der Waals surface area contributed by atoms with E-state index in [2.05, 4.69) is 52.1 Å². The molecule has 0 aliphatic rings. The Balaban J connectivity index is 2.17. The predicted octanol–water partition coefficient (Wildman–Crippen LogP) is 4.01. The second-order valence-corrected chi connectivity index (χ2v) is 6.51. The molecule has 0 unspecified atom stereocenters. The topological polar surface area (TPSA) is 29.0 Å². The van der Waals surface area contributed by atoms with Crippen LogP contribution in [0.25, 0.3) is 0 Å². The van der Waals surface area contributed by atoms with Crippen molar-refractivity contribution in [2.24, 2.45) is 0 Å². The number of thiazole rings is 1. The normalized spacial score (nSPS) is 10.6. The molecule has 2 aromatic heterocycles. The van der Waals surface area contributed by atoms with Crippen molar-refractivity contribution in [1.29, 1.82) is 0 Å². The molecule has 0 aliphatic heterocycles. The maximum Gasteiger partial charge on any atom is 0.143 e. The molecule has 0 saturated carbocycles. The van der Waals surface area contributed by atoms with Gasteiger partial charge in [-0.05, 0) is 44.8 Å². The molecule has 0 atom stereocenters. The van der Waals surface area contributed by atoms with E-state index in [4.69, 9.17) is 0 Å². The minimum atomic E-state index is 0.761. The molecule has 0 saturated heterocycles. The molecule has 17 heavy (non-hydrogen) atoms. The lowest BCUT2D eigenvalue weighted by atomic mass is 10.4. The number of nitrogens with zero attached hydrogens (tertiary/aromatic N) is 3. The van der Waals surface area contributed by atoms with Gasteiger partial charge in [-0.3, -0.25) is 0 Å². The molecule has 0 radical (unpaired) electrons. The van der Waals surface area contributed by atoms with Crippen molar-refractivity contribution in [2.75, 3.05) is 11.9 Å². The van der Waals surface area contributed by atoms with Gasteiger partial charge in [0, 0.05) is 23.1 Å². The lowest BCUT2D eigenvalue weighted by Gasteiger charge is -2.18. The quantitative estimate of drug-likeness (QED) is 0.810. The number of anilines is 1. The summed E-state index contributed by atoms with van der Waals surface area (Å²) in [5.74, 6) is 0.916. The highest BCUT2D eigenvalue weighted by Crippen LogP contribution is 2.26. The van der Waals surface area contributed by atoms with Crippen LogP contribution in [0.1, 0.15) is 10.7 Å². The van der Waals surface area contributed by atoms with E-state index >= 15 is 0 Å². The van der Waals surface area contributed by atoms with Crippen molar-refractivity contribution in [2.45, 2.75) is 13.5 Å². The Morgan fingerprint density at radius 1 is 1.41 bits per heavy atom. The third-order valence-corrected chi connectivity index (χ3v) is 4.06. The van der Waals surface area contributed by atoms with Crippen molar-refractivity contribution in [3.05, 3.63) is 37.3 Å². The summed E-state index contributed by atoms with van der Waals surface area (Å²) in [6.45, 7) is 2.78. The second kappa shape index (κ2) is 5.46. The highest BCUT2D eigenvalue weighted by atomic mass is 79.9. The highest BCUT2D eigenvalue weighted by molar-refractivity contribution is 9.11. The Labute approximate surface area is 121 Å². The van der Waals surface area contributed by atoms with Crippen LogP contribution in [0.3, 0.4) is 0 Å². The van der Waals surface area contributed by atoms with Crippen LogP contribution in [-0.4, -0.2) is 17.0 Å². The maximum atomic E-state index is 4.45. The van der Waals surface area contributed by atoms with E-state index in [0.717, 1.165) is 32.0 Å². The van der Waals surface area contributed by atoms with Crippen LogP contribution in [0, 0.1) is 6.92 Å². The Morgan fingerprint density at radius 2 is 2.18 bits per heavy atom. The zero-order chi connectivity index (χ0) is 12.4. The van der Waals surface area contributed by atoms with Crippen molar-refractivity contribution in [1.82, 2.24) is 9.97 Å². The molecule has 0 amide bonds. The van der Waals surface area contributed by atoms with E-state index in [0.29, 0.717) is 0 Å². The molecule has 2 heterocycles. The molecule has 0 spiro atoms. The van der Waals surface area contributed by atoms with Gasteiger partial charge in [-0.1, -0.05) is 0 Å². The van der Waals surface area contributed by atoms with Crippen LogP contribution in [0.4, 0.5) is 5.82 Å². The highest BCUT2D eigenvalue weighted by Gasteiger charge is 2.09. The number of pyridine rings is 1. The number of rotatable bonds is 3. The van der Waals surface area contributed by atoms with E-state index in [1.165, 1.54) is 0 Å². The van der Waals surface area contributed by atoms with Crippen LogP contribution in [0.15, 0.2) is 26.6 Å². The van der Waals surface area contributed by atoms with E-state index < -0.39 is 0 Å². The van der Waals surface area contributed by atoms with E-state index in [1.54, 1.807) is 17.5 Å². The summed E-state index contributed by atoms with van der Waals surface area (Å²) >= 11 is 8.58. The average Bonchev–Trinajstić information content (AvgIpc) is 2.63. The minimum Gasteiger partial charge on any atom is -0.353 e. The fourth-order valence-electron chi connectivity index (χ4n) is 1.49. The third-order valence-electron chi connectivity index (χ3n) is 2.22. The molecule has 3 nitrogen and oxygen atoms in total. The summed E-state index contributed by atoms with van der Waals surface area (Å²) in [7, 11) is 2.01. The fraction of sp³-hybridized carbons (Fsp3) is 0.273. The summed E-state index contributed by atoms with van der Waals surface area (Å²) < 4.78 is 1.94. The van der Waals surface area contributed by atoms with Gasteiger partial charge in [0.05, 0.1) is 21.7 Å². The van der Waals surface area contributed by atoms with Gasteiger partial charge in [0.1, 0.15) is 5.82 Å². The van der Waals surface area contributed by atoms with E-state index in [-0.39, 0.29) is 0 Å². The van der Waals surface area contributed by atoms with Gasteiger partial charge in [-0.25, -0.2) is 9.97 Å². The van der Waals surface area contributed by atoms with Crippen LogP contribution in [-0.2, 0) is 6.54 Å². The monoisotopic (exact) mass is 375 g/mol. The molecular formula is C11H11Br2N3S. The molecule has 0 bridgehead atoms. The molecule has 2 aromatic rings. The first-order valence-corrected chi connectivity index (χ1v) is 7.46. The van der Waals surface area contributed by atoms with Crippen LogP contribution >= 0.6 is 43.2 Å². The second-order valence-electron chi connectivity index (χ2n) is 3.67. The molecule has 0 fully saturated rings. The zero-order valence-corrected chi connectivity index (χ0v) is 13.4. The Bertz CT molecular complexity index is 527. The predicted molar refractivity (Wildman–Crippen MR) is 78.6 cm³/mol. The van der Waals surface area contributed by atoms with E-state index in [1.807, 2.05) is 20.0 Å². The van der Waals surface area contributed by atoms with Crippen molar-refractivity contribution in [3.8, 4) is 0 Å². The van der Waals surface area contributed by atoms with Gasteiger partial charge in [0.2, 0.25) is 0 Å². The largest absolute Gasteiger partial charge is 0.353 e. The van der Waals surface area contributed by atoms with Crippen molar-refractivity contribution < 1.29 is 0 Å². The van der Waals surface area contributed by atoms with Crippen LogP contribution in [0.2, 0.25) is 0 Å². The van der Waals surface area contributed by atoms with Gasteiger partial charge in [0.25, 0.3) is 0 Å². The molecule has 90 valence electrons. The lowest BCUT2D eigenvalue weighted by Crippen LogP contribution is -2.18. The first-order chi connectivity index (χ1) is 8.06. The van der Waals surface area contributed by atoms with Crippen LogP contribution in [0.5, 0.6) is 0 Å². The van der Waals surface area contributed by atoms with Crippen molar-refractivity contribution in [3.63, 3.8) is 0 Å². The van der Waals surface area contributed by atoms with Crippen LogP contribution < -0.4 is 4.90 Å².